The summed E-state index contributed by atoms with van der Waals surface area (Å²) < 4.78 is 39.6. The summed E-state index contributed by atoms with van der Waals surface area (Å²) >= 11 is 1.12. The SMILES string of the molecule is CNS(=O)(=O)c1ccc(CNC(=O)CCc2c(-c3ccc(F)cc3)[nH]c3ccccc23)s1. The smallest absolute Gasteiger partial charge is 0.249 e. The highest BCUT2D eigenvalue weighted by Gasteiger charge is 2.16. The van der Waals surface area contributed by atoms with Gasteiger partial charge < -0.3 is 10.3 Å². The number of H-pyrrole nitrogens is 1. The fourth-order valence-corrected chi connectivity index (χ4v) is 5.67. The first-order chi connectivity index (χ1) is 15.4. The molecule has 4 rings (SSSR count). The highest BCUT2D eigenvalue weighted by molar-refractivity contribution is 7.91. The van der Waals surface area contributed by atoms with Gasteiger partial charge in [-0.2, -0.15) is 0 Å². The molecular formula is C23H22FN3O3S2. The second-order valence-corrected chi connectivity index (χ2v) is 10.5. The molecule has 0 spiro atoms. The second kappa shape index (κ2) is 9.23. The molecule has 6 nitrogen and oxygen atoms in total. The van der Waals surface area contributed by atoms with Crippen molar-refractivity contribution in [1.29, 1.82) is 0 Å². The minimum absolute atomic E-state index is 0.133. The van der Waals surface area contributed by atoms with E-state index in [1.165, 1.54) is 25.2 Å². The van der Waals surface area contributed by atoms with E-state index in [0.717, 1.165) is 43.9 Å². The van der Waals surface area contributed by atoms with Gasteiger partial charge in [-0.1, -0.05) is 18.2 Å². The van der Waals surface area contributed by atoms with Crippen molar-refractivity contribution >= 4 is 38.2 Å². The van der Waals surface area contributed by atoms with Crippen LogP contribution in [0.15, 0.2) is 64.9 Å². The summed E-state index contributed by atoms with van der Waals surface area (Å²) in [6.07, 6.45) is 0.773. The molecule has 0 fully saturated rings. The van der Waals surface area contributed by atoms with Crippen molar-refractivity contribution in [3.8, 4) is 11.3 Å². The number of sulfonamides is 1. The molecule has 0 aliphatic rings. The van der Waals surface area contributed by atoms with Crippen LogP contribution in [0.3, 0.4) is 0 Å². The van der Waals surface area contributed by atoms with Crippen molar-refractivity contribution in [2.45, 2.75) is 23.6 Å². The first kappa shape index (κ1) is 22.2. The molecule has 0 aliphatic heterocycles. The largest absolute Gasteiger partial charge is 0.354 e. The monoisotopic (exact) mass is 471 g/mol. The zero-order chi connectivity index (χ0) is 22.7. The predicted molar refractivity (Wildman–Crippen MR) is 124 cm³/mol. The van der Waals surface area contributed by atoms with E-state index in [-0.39, 0.29) is 28.9 Å². The Morgan fingerprint density at radius 3 is 2.56 bits per heavy atom. The van der Waals surface area contributed by atoms with Gasteiger partial charge in [-0.15, -0.1) is 11.3 Å². The number of rotatable bonds is 8. The molecule has 3 N–H and O–H groups in total. The number of fused-ring (bicyclic) bond motifs is 1. The van der Waals surface area contributed by atoms with Crippen molar-refractivity contribution in [3.63, 3.8) is 0 Å². The molecule has 1 amide bonds. The molecule has 32 heavy (non-hydrogen) atoms. The van der Waals surface area contributed by atoms with Crippen molar-refractivity contribution in [1.82, 2.24) is 15.0 Å². The summed E-state index contributed by atoms with van der Waals surface area (Å²) in [5, 5.41) is 3.88. The molecule has 9 heteroatoms. The van der Waals surface area contributed by atoms with Gasteiger partial charge in [-0.05, 0) is 67.1 Å². The minimum atomic E-state index is -3.48. The molecule has 166 valence electrons. The lowest BCUT2D eigenvalue weighted by Gasteiger charge is -2.07. The van der Waals surface area contributed by atoms with Gasteiger partial charge in [-0.3, -0.25) is 4.79 Å². The Labute approximate surface area is 189 Å². The second-order valence-electron chi connectivity index (χ2n) is 7.24. The van der Waals surface area contributed by atoms with E-state index in [0.29, 0.717) is 6.42 Å². The first-order valence-corrected chi connectivity index (χ1v) is 12.3. The summed E-state index contributed by atoms with van der Waals surface area (Å²) in [6.45, 7) is 0.265. The zero-order valence-electron chi connectivity index (χ0n) is 17.3. The topological polar surface area (TPSA) is 91.1 Å². The number of aryl methyl sites for hydroxylation is 1. The van der Waals surface area contributed by atoms with Crippen LogP contribution >= 0.6 is 11.3 Å². The maximum atomic E-state index is 13.4. The highest BCUT2D eigenvalue weighted by Crippen LogP contribution is 2.31. The van der Waals surface area contributed by atoms with Crippen LogP contribution in [-0.2, 0) is 27.8 Å². The Bertz CT molecular complexity index is 1360. The molecule has 2 aromatic carbocycles. The lowest BCUT2D eigenvalue weighted by Crippen LogP contribution is -2.22. The number of hydrogen-bond donors (Lipinski definition) is 3. The van der Waals surface area contributed by atoms with Crippen LogP contribution in [0.1, 0.15) is 16.9 Å². The third kappa shape index (κ3) is 4.74. The highest BCUT2D eigenvalue weighted by atomic mass is 32.2. The fraction of sp³-hybridized carbons (Fsp3) is 0.174. The van der Waals surface area contributed by atoms with Gasteiger partial charge in [0, 0.05) is 27.9 Å². The Balaban J connectivity index is 1.46. The Morgan fingerprint density at radius 2 is 1.81 bits per heavy atom. The van der Waals surface area contributed by atoms with E-state index >= 15 is 0 Å². The maximum absolute atomic E-state index is 13.4. The summed E-state index contributed by atoms with van der Waals surface area (Å²) in [4.78, 5) is 16.6. The van der Waals surface area contributed by atoms with Crippen LogP contribution < -0.4 is 10.0 Å². The molecule has 0 atom stereocenters. The molecule has 0 aliphatic carbocycles. The number of hydrogen-bond acceptors (Lipinski definition) is 4. The number of nitrogens with one attached hydrogen (secondary N) is 3. The fourth-order valence-electron chi connectivity index (χ4n) is 3.53. The molecule has 0 saturated carbocycles. The van der Waals surface area contributed by atoms with Gasteiger partial charge in [0.2, 0.25) is 15.9 Å². The number of para-hydroxylation sites is 1. The predicted octanol–water partition coefficient (Wildman–Crippen LogP) is 4.19. The van der Waals surface area contributed by atoms with Crippen molar-refractivity contribution in [2.75, 3.05) is 7.05 Å². The van der Waals surface area contributed by atoms with Crippen LogP contribution in [0.5, 0.6) is 0 Å². The minimum Gasteiger partial charge on any atom is -0.354 e. The molecule has 0 saturated heterocycles. The van der Waals surface area contributed by atoms with Gasteiger partial charge in [0.15, 0.2) is 0 Å². The number of amides is 1. The number of benzene rings is 2. The summed E-state index contributed by atoms with van der Waals surface area (Å²) in [6, 6.07) is 17.4. The van der Waals surface area contributed by atoms with Gasteiger partial charge >= 0.3 is 0 Å². The summed E-state index contributed by atoms with van der Waals surface area (Å²) in [5.74, 6) is -0.434. The van der Waals surface area contributed by atoms with Crippen LogP contribution in [-0.4, -0.2) is 26.4 Å². The average Bonchev–Trinajstić information content (AvgIpc) is 3.42. The third-order valence-electron chi connectivity index (χ3n) is 5.18. The van der Waals surface area contributed by atoms with E-state index in [1.807, 2.05) is 24.3 Å². The number of aromatic amines is 1. The normalized spacial score (nSPS) is 11.7. The lowest BCUT2D eigenvalue weighted by molar-refractivity contribution is -0.121. The molecule has 0 radical (unpaired) electrons. The maximum Gasteiger partial charge on any atom is 0.249 e. The van der Waals surface area contributed by atoms with E-state index in [1.54, 1.807) is 18.2 Å². The lowest BCUT2D eigenvalue weighted by atomic mass is 10.0. The molecule has 0 unspecified atom stereocenters. The molecule has 4 aromatic rings. The van der Waals surface area contributed by atoms with E-state index in [9.17, 15) is 17.6 Å². The standard InChI is InChI=1S/C23H22FN3O3S2/c1-25-32(29,30)22-13-10-17(31-22)14-26-21(28)12-11-19-18-4-2-3-5-20(18)27-23(19)15-6-8-16(24)9-7-15/h2-10,13,25,27H,11-12,14H2,1H3,(H,26,28). The Morgan fingerprint density at radius 1 is 1.06 bits per heavy atom. The third-order valence-corrected chi connectivity index (χ3v) is 8.17. The number of aromatic nitrogens is 1. The molecule has 0 bridgehead atoms. The number of carbonyl (C=O) groups is 1. The van der Waals surface area contributed by atoms with Gasteiger partial charge in [-0.25, -0.2) is 17.5 Å². The molecular weight excluding hydrogens is 449 g/mol. The van der Waals surface area contributed by atoms with Crippen molar-refractivity contribution in [2.24, 2.45) is 0 Å². The van der Waals surface area contributed by atoms with Crippen LogP contribution in [0, 0.1) is 5.82 Å². The summed E-state index contributed by atoms with van der Waals surface area (Å²) in [7, 11) is -2.12. The first-order valence-electron chi connectivity index (χ1n) is 10.0. The van der Waals surface area contributed by atoms with Crippen molar-refractivity contribution in [3.05, 3.63) is 76.9 Å². The number of halogens is 1. The van der Waals surface area contributed by atoms with Gasteiger partial charge in [0.25, 0.3) is 0 Å². The van der Waals surface area contributed by atoms with Gasteiger partial charge in [0.05, 0.1) is 6.54 Å². The molecule has 2 aromatic heterocycles. The quantitative estimate of drug-likeness (QED) is 0.360. The van der Waals surface area contributed by atoms with Gasteiger partial charge in [0.1, 0.15) is 10.0 Å². The summed E-state index contributed by atoms with van der Waals surface area (Å²) in [5.41, 5.74) is 3.69. The Hall–Kier alpha value is -3.01. The van der Waals surface area contributed by atoms with E-state index in [4.69, 9.17) is 0 Å². The Kier molecular flexibility index (Phi) is 6.40. The zero-order valence-corrected chi connectivity index (χ0v) is 18.9. The van der Waals surface area contributed by atoms with E-state index in [2.05, 4.69) is 15.0 Å². The molecule has 2 heterocycles. The van der Waals surface area contributed by atoms with Crippen LogP contribution in [0.4, 0.5) is 4.39 Å². The number of carbonyl (C=O) groups excluding carboxylic acids is 1. The van der Waals surface area contributed by atoms with Crippen molar-refractivity contribution < 1.29 is 17.6 Å². The van der Waals surface area contributed by atoms with E-state index < -0.39 is 10.0 Å². The van der Waals surface area contributed by atoms with Crippen LogP contribution in [0.2, 0.25) is 0 Å². The van der Waals surface area contributed by atoms with Crippen LogP contribution in [0.25, 0.3) is 22.2 Å². The average molecular weight is 472 g/mol. The number of thiophene rings is 1.